The summed E-state index contributed by atoms with van der Waals surface area (Å²) in [6.45, 7) is 1.94. The number of hydrogen-bond acceptors (Lipinski definition) is 3. The smallest absolute Gasteiger partial charge is 0.125 e. The van der Waals surface area contributed by atoms with Crippen molar-refractivity contribution in [1.82, 2.24) is 4.98 Å². The molecule has 2 aromatic rings. The van der Waals surface area contributed by atoms with Crippen LogP contribution in [0.2, 0.25) is 0 Å². The highest BCUT2D eigenvalue weighted by molar-refractivity contribution is 7.14. The number of nitriles is 1. The number of rotatable bonds is 1. The van der Waals surface area contributed by atoms with Crippen molar-refractivity contribution < 1.29 is 4.39 Å². The number of halogens is 1. The highest BCUT2D eigenvalue weighted by Crippen LogP contribution is 2.26. The first-order valence-electron chi connectivity index (χ1n) is 4.32. The van der Waals surface area contributed by atoms with Crippen molar-refractivity contribution in [3.05, 3.63) is 40.7 Å². The lowest BCUT2D eigenvalue weighted by Gasteiger charge is -1.97. The third kappa shape index (κ3) is 2.03. The lowest BCUT2D eigenvalue weighted by Crippen LogP contribution is -1.82. The summed E-state index contributed by atoms with van der Waals surface area (Å²) in [5.74, 6) is -0.406. The summed E-state index contributed by atoms with van der Waals surface area (Å²) in [5, 5.41) is 9.44. The molecular formula is C11H7FN2S. The van der Waals surface area contributed by atoms with E-state index in [1.54, 1.807) is 12.3 Å². The third-order valence-electron chi connectivity index (χ3n) is 1.90. The second-order valence-electron chi connectivity index (χ2n) is 3.12. The van der Waals surface area contributed by atoms with Gasteiger partial charge < -0.3 is 0 Å². The first kappa shape index (κ1) is 9.81. The van der Waals surface area contributed by atoms with Gasteiger partial charge in [0.15, 0.2) is 0 Å². The Bertz CT molecular complexity index is 540. The van der Waals surface area contributed by atoms with Gasteiger partial charge in [0.05, 0.1) is 11.6 Å². The van der Waals surface area contributed by atoms with E-state index in [0.717, 1.165) is 9.88 Å². The largest absolute Gasteiger partial charge is 0.244 e. The van der Waals surface area contributed by atoms with Crippen LogP contribution >= 0.6 is 11.3 Å². The van der Waals surface area contributed by atoms with Crippen molar-refractivity contribution in [2.45, 2.75) is 6.92 Å². The molecule has 0 aliphatic heterocycles. The quantitative estimate of drug-likeness (QED) is 0.737. The molecule has 0 saturated heterocycles. The molecule has 0 bridgehead atoms. The van der Waals surface area contributed by atoms with Crippen LogP contribution in [0.25, 0.3) is 10.6 Å². The Morgan fingerprint density at radius 2 is 2.20 bits per heavy atom. The van der Waals surface area contributed by atoms with Gasteiger partial charge in [-0.1, -0.05) is 0 Å². The standard InChI is InChI=1S/C11H7FN2S/c1-7-6-14-11(15-7)9-2-8(5-13)3-10(12)4-9/h2-4,6H,1H3. The van der Waals surface area contributed by atoms with Gasteiger partial charge >= 0.3 is 0 Å². The number of benzene rings is 1. The molecule has 2 nitrogen and oxygen atoms in total. The van der Waals surface area contributed by atoms with Crippen molar-refractivity contribution in [2.24, 2.45) is 0 Å². The van der Waals surface area contributed by atoms with E-state index in [1.165, 1.54) is 23.5 Å². The zero-order chi connectivity index (χ0) is 10.8. The molecule has 74 valence electrons. The van der Waals surface area contributed by atoms with E-state index >= 15 is 0 Å². The minimum absolute atomic E-state index is 0.317. The predicted octanol–water partition coefficient (Wildman–Crippen LogP) is 3.13. The van der Waals surface area contributed by atoms with E-state index in [2.05, 4.69) is 4.98 Å². The van der Waals surface area contributed by atoms with Crippen LogP contribution in [0, 0.1) is 24.1 Å². The zero-order valence-electron chi connectivity index (χ0n) is 7.99. The van der Waals surface area contributed by atoms with E-state index in [4.69, 9.17) is 5.26 Å². The molecule has 4 heteroatoms. The molecule has 0 N–H and O–H groups in total. The van der Waals surface area contributed by atoms with Crippen LogP contribution in [0.15, 0.2) is 24.4 Å². The molecule has 0 spiro atoms. The average molecular weight is 218 g/mol. The maximum Gasteiger partial charge on any atom is 0.125 e. The molecular weight excluding hydrogens is 211 g/mol. The Kier molecular flexibility index (Phi) is 2.48. The summed E-state index contributed by atoms with van der Waals surface area (Å²) in [4.78, 5) is 5.21. The second kappa shape index (κ2) is 3.79. The SMILES string of the molecule is Cc1cnc(-c2cc(F)cc(C#N)c2)s1. The van der Waals surface area contributed by atoms with Crippen molar-refractivity contribution in [3.63, 3.8) is 0 Å². The van der Waals surface area contributed by atoms with Gasteiger partial charge in [0, 0.05) is 16.6 Å². The summed E-state index contributed by atoms with van der Waals surface area (Å²) in [5.41, 5.74) is 0.975. The minimum atomic E-state index is -0.406. The maximum atomic E-state index is 13.1. The molecule has 0 aliphatic carbocycles. The molecule has 15 heavy (non-hydrogen) atoms. The van der Waals surface area contributed by atoms with Gasteiger partial charge in [0.1, 0.15) is 10.8 Å². The molecule has 0 fully saturated rings. The Balaban J connectivity index is 2.54. The summed E-state index contributed by atoms with van der Waals surface area (Å²) in [6, 6.07) is 6.16. The number of aromatic nitrogens is 1. The molecule has 0 radical (unpaired) electrons. The van der Waals surface area contributed by atoms with Crippen molar-refractivity contribution in [2.75, 3.05) is 0 Å². The van der Waals surface area contributed by atoms with Gasteiger partial charge in [-0.05, 0) is 25.1 Å². The Hall–Kier alpha value is -1.73. The van der Waals surface area contributed by atoms with Crippen molar-refractivity contribution >= 4 is 11.3 Å². The Morgan fingerprint density at radius 3 is 2.80 bits per heavy atom. The minimum Gasteiger partial charge on any atom is -0.244 e. The van der Waals surface area contributed by atoms with Gasteiger partial charge in [-0.2, -0.15) is 5.26 Å². The molecule has 1 aromatic carbocycles. The summed E-state index contributed by atoms with van der Waals surface area (Å²) in [7, 11) is 0. The average Bonchev–Trinajstić information content (AvgIpc) is 2.64. The topological polar surface area (TPSA) is 36.7 Å². The van der Waals surface area contributed by atoms with Crippen LogP contribution in [0.4, 0.5) is 4.39 Å². The van der Waals surface area contributed by atoms with Crippen LogP contribution in [-0.2, 0) is 0 Å². The normalized spacial score (nSPS) is 9.93. The lowest BCUT2D eigenvalue weighted by molar-refractivity contribution is 0.628. The van der Waals surface area contributed by atoms with Gasteiger partial charge in [0.2, 0.25) is 0 Å². The van der Waals surface area contributed by atoms with Crippen LogP contribution in [0.1, 0.15) is 10.4 Å². The summed E-state index contributed by atoms with van der Waals surface area (Å²) in [6.07, 6.45) is 1.73. The molecule has 0 unspecified atom stereocenters. The van der Waals surface area contributed by atoms with Gasteiger partial charge in [-0.3, -0.25) is 0 Å². The number of thiazole rings is 1. The molecule has 2 rings (SSSR count). The van der Waals surface area contributed by atoms with E-state index in [1.807, 2.05) is 13.0 Å². The van der Waals surface area contributed by atoms with E-state index < -0.39 is 5.82 Å². The van der Waals surface area contributed by atoms with E-state index in [0.29, 0.717) is 11.1 Å². The second-order valence-corrected chi connectivity index (χ2v) is 4.35. The van der Waals surface area contributed by atoms with Crippen LogP contribution in [-0.4, -0.2) is 4.98 Å². The molecule has 0 aliphatic rings. The predicted molar refractivity (Wildman–Crippen MR) is 57.0 cm³/mol. The zero-order valence-corrected chi connectivity index (χ0v) is 8.81. The first-order valence-corrected chi connectivity index (χ1v) is 5.14. The summed E-state index contributed by atoms with van der Waals surface area (Å²) >= 11 is 1.48. The molecule has 1 aromatic heterocycles. The molecule has 0 saturated carbocycles. The first-order chi connectivity index (χ1) is 7.19. The van der Waals surface area contributed by atoms with Crippen molar-refractivity contribution in [1.29, 1.82) is 5.26 Å². The highest BCUT2D eigenvalue weighted by atomic mass is 32.1. The van der Waals surface area contributed by atoms with Gasteiger partial charge in [0.25, 0.3) is 0 Å². The summed E-state index contributed by atoms with van der Waals surface area (Å²) < 4.78 is 13.1. The molecule has 1 heterocycles. The number of nitrogens with zero attached hydrogens (tertiary/aromatic N) is 2. The number of hydrogen-bond donors (Lipinski definition) is 0. The van der Waals surface area contributed by atoms with Crippen molar-refractivity contribution in [3.8, 4) is 16.6 Å². The molecule has 0 atom stereocenters. The third-order valence-corrected chi connectivity index (χ3v) is 2.86. The van der Waals surface area contributed by atoms with E-state index in [-0.39, 0.29) is 0 Å². The number of aryl methyl sites for hydroxylation is 1. The lowest BCUT2D eigenvalue weighted by atomic mass is 10.1. The Morgan fingerprint density at radius 1 is 1.40 bits per heavy atom. The monoisotopic (exact) mass is 218 g/mol. The van der Waals surface area contributed by atoms with Crippen LogP contribution in [0.3, 0.4) is 0 Å². The van der Waals surface area contributed by atoms with Crippen LogP contribution in [0.5, 0.6) is 0 Å². The van der Waals surface area contributed by atoms with Crippen LogP contribution < -0.4 is 0 Å². The highest BCUT2D eigenvalue weighted by Gasteiger charge is 2.06. The fraction of sp³-hybridized carbons (Fsp3) is 0.0909. The maximum absolute atomic E-state index is 13.1. The van der Waals surface area contributed by atoms with Gasteiger partial charge in [-0.15, -0.1) is 11.3 Å². The fourth-order valence-electron chi connectivity index (χ4n) is 1.27. The Labute approximate surface area is 90.6 Å². The fourth-order valence-corrected chi connectivity index (χ4v) is 2.02. The van der Waals surface area contributed by atoms with Gasteiger partial charge in [-0.25, -0.2) is 9.37 Å². The molecule has 0 amide bonds. The van der Waals surface area contributed by atoms with E-state index in [9.17, 15) is 4.39 Å².